The first-order valence-electron chi connectivity index (χ1n) is 9.21. The maximum Gasteiger partial charge on any atom is 0.258 e. The molecule has 2 aromatic rings. The number of carbonyl (C=O) groups is 2. The highest BCUT2D eigenvalue weighted by Gasteiger charge is 2.23. The van der Waals surface area contributed by atoms with Crippen molar-refractivity contribution in [1.82, 2.24) is 10.2 Å². The lowest BCUT2D eigenvalue weighted by atomic mass is 9.98. The number of nitrogens with zero attached hydrogens (tertiary/aromatic N) is 1. The van der Waals surface area contributed by atoms with Gasteiger partial charge in [-0.25, -0.2) is 0 Å². The van der Waals surface area contributed by atoms with Crippen molar-refractivity contribution in [3.8, 4) is 0 Å². The van der Waals surface area contributed by atoms with E-state index < -0.39 is 5.91 Å². The standard InChI is InChI=1S/C21H22ClN3O2S/c1-14-10-12-25(13-11-14)20(27)16-7-3-5-9-18(16)23-21(28)24-19(26)15-6-2-4-8-17(15)22/h2-9,14H,10-13H2,1H3,(H2,23,24,26,28). The molecule has 0 atom stereocenters. The van der Waals surface area contributed by atoms with E-state index in [2.05, 4.69) is 17.6 Å². The maximum atomic E-state index is 12.9. The van der Waals surface area contributed by atoms with Crippen LogP contribution < -0.4 is 10.6 Å². The average molecular weight is 416 g/mol. The summed E-state index contributed by atoms with van der Waals surface area (Å²) in [6.07, 6.45) is 2.02. The van der Waals surface area contributed by atoms with Gasteiger partial charge in [0.25, 0.3) is 11.8 Å². The van der Waals surface area contributed by atoms with E-state index in [0.29, 0.717) is 27.8 Å². The lowest BCUT2D eigenvalue weighted by Gasteiger charge is -2.31. The second kappa shape index (κ2) is 9.17. The number of rotatable bonds is 3. The number of hydrogen-bond acceptors (Lipinski definition) is 3. The fourth-order valence-corrected chi connectivity index (χ4v) is 3.55. The van der Waals surface area contributed by atoms with Crippen LogP contribution in [0.15, 0.2) is 48.5 Å². The van der Waals surface area contributed by atoms with Gasteiger partial charge in [-0.2, -0.15) is 0 Å². The van der Waals surface area contributed by atoms with E-state index in [1.165, 1.54) is 0 Å². The fraction of sp³-hybridized carbons (Fsp3) is 0.286. The third kappa shape index (κ3) is 4.88. The smallest absolute Gasteiger partial charge is 0.258 e. The van der Waals surface area contributed by atoms with Gasteiger partial charge in [-0.15, -0.1) is 0 Å². The highest BCUT2D eigenvalue weighted by Crippen LogP contribution is 2.22. The summed E-state index contributed by atoms with van der Waals surface area (Å²) >= 11 is 11.3. The predicted octanol–water partition coefficient (Wildman–Crippen LogP) is 4.34. The van der Waals surface area contributed by atoms with Crippen molar-refractivity contribution < 1.29 is 9.59 Å². The molecule has 3 rings (SSSR count). The van der Waals surface area contributed by atoms with E-state index in [9.17, 15) is 9.59 Å². The number of likely N-dealkylation sites (tertiary alicyclic amines) is 1. The Morgan fingerprint density at radius 2 is 1.64 bits per heavy atom. The number of carbonyl (C=O) groups excluding carboxylic acids is 2. The minimum Gasteiger partial charge on any atom is -0.339 e. The monoisotopic (exact) mass is 415 g/mol. The van der Waals surface area contributed by atoms with Gasteiger partial charge >= 0.3 is 0 Å². The fourth-order valence-electron chi connectivity index (χ4n) is 3.13. The van der Waals surface area contributed by atoms with Crippen molar-refractivity contribution in [2.75, 3.05) is 18.4 Å². The Morgan fingerprint density at radius 1 is 1.04 bits per heavy atom. The normalized spacial score (nSPS) is 14.4. The molecule has 1 heterocycles. The molecule has 0 aliphatic carbocycles. The molecule has 0 saturated carbocycles. The van der Waals surface area contributed by atoms with Crippen molar-refractivity contribution in [2.24, 2.45) is 5.92 Å². The zero-order valence-electron chi connectivity index (χ0n) is 15.6. The first kappa shape index (κ1) is 20.3. The van der Waals surface area contributed by atoms with E-state index in [0.717, 1.165) is 25.9 Å². The molecule has 146 valence electrons. The molecule has 0 radical (unpaired) electrons. The van der Waals surface area contributed by atoms with Crippen LogP contribution >= 0.6 is 23.8 Å². The van der Waals surface area contributed by atoms with Crippen molar-refractivity contribution in [1.29, 1.82) is 0 Å². The highest BCUT2D eigenvalue weighted by molar-refractivity contribution is 7.80. The number of amides is 2. The van der Waals surface area contributed by atoms with Gasteiger partial charge in [0, 0.05) is 13.1 Å². The van der Waals surface area contributed by atoms with Crippen LogP contribution in [0.2, 0.25) is 5.02 Å². The molecule has 2 aromatic carbocycles. The first-order valence-corrected chi connectivity index (χ1v) is 9.99. The number of anilines is 1. The minimum atomic E-state index is -0.406. The summed E-state index contributed by atoms with van der Waals surface area (Å²) in [4.78, 5) is 27.2. The molecule has 1 saturated heterocycles. The van der Waals surface area contributed by atoms with Crippen molar-refractivity contribution >= 4 is 46.4 Å². The molecular weight excluding hydrogens is 394 g/mol. The number of nitrogens with one attached hydrogen (secondary N) is 2. The molecular formula is C21H22ClN3O2S. The van der Waals surface area contributed by atoms with Gasteiger partial charge in [0.1, 0.15) is 0 Å². The van der Waals surface area contributed by atoms with Gasteiger partial charge < -0.3 is 10.2 Å². The Hall–Kier alpha value is -2.44. The quantitative estimate of drug-likeness (QED) is 0.732. The maximum absolute atomic E-state index is 12.9. The Labute approximate surface area is 175 Å². The number of para-hydroxylation sites is 1. The van der Waals surface area contributed by atoms with Gasteiger partial charge in [-0.1, -0.05) is 42.8 Å². The molecule has 7 heteroatoms. The Kier molecular flexibility index (Phi) is 6.65. The summed E-state index contributed by atoms with van der Waals surface area (Å²) < 4.78 is 0. The highest BCUT2D eigenvalue weighted by atomic mass is 35.5. The van der Waals surface area contributed by atoms with Gasteiger partial charge in [-0.05, 0) is 55.2 Å². The van der Waals surface area contributed by atoms with Crippen LogP contribution in [0.1, 0.15) is 40.5 Å². The van der Waals surface area contributed by atoms with Crippen molar-refractivity contribution in [3.63, 3.8) is 0 Å². The van der Waals surface area contributed by atoms with Crippen LogP contribution in [-0.2, 0) is 0 Å². The molecule has 1 aliphatic heterocycles. The zero-order valence-corrected chi connectivity index (χ0v) is 17.1. The van der Waals surface area contributed by atoms with E-state index >= 15 is 0 Å². The summed E-state index contributed by atoms with van der Waals surface area (Å²) in [6, 6.07) is 13.9. The molecule has 28 heavy (non-hydrogen) atoms. The van der Waals surface area contributed by atoms with Crippen LogP contribution in [0, 0.1) is 5.92 Å². The summed E-state index contributed by atoms with van der Waals surface area (Å²) in [5.41, 5.74) is 1.43. The zero-order chi connectivity index (χ0) is 20.1. The number of halogens is 1. The number of benzene rings is 2. The van der Waals surface area contributed by atoms with Crippen molar-refractivity contribution in [3.05, 3.63) is 64.7 Å². The molecule has 2 N–H and O–H groups in total. The van der Waals surface area contributed by atoms with E-state index in [-0.39, 0.29) is 11.0 Å². The van der Waals surface area contributed by atoms with Crippen LogP contribution in [-0.4, -0.2) is 34.9 Å². The van der Waals surface area contributed by atoms with Crippen LogP contribution in [0.5, 0.6) is 0 Å². The number of thiocarbonyl (C=S) groups is 1. The van der Waals surface area contributed by atoms with Crippen molar-refractivity contribution in [2.45, 2.75) is 19.8 Å². The van der Waals surface area contributed by atoms with Gasteiger partial charge in [-0.3, -0.25) is 14.9 Å². The third-order valence-electron chi connectivity index (χ3n) is 4.82. The molecule has 0 unspecified atom stereocenters. The van der Waals surface area contributed by atoms with E-state index in [1.807, 2.05) is 17.0 Å². The molecule has 5 nitrogen and oxygen atoms in total. The molecule has 1 aliphatic rings. The SMILES string of the molecule is CC1CCN(C(=O)c2ccccc2NC(=S)NC(=O)c2ccccc2Cl)CC1. The van der Waals surface area contributed by atoms with E-state index in [4.69, 9.17) is 23.8 Å². The summed E-state index contributed by atoms with van der Waals surface area (Å²) in [7, 11) is 0. The largest absolute Gasteiger partial charge is 0.339 e. The summed E-state index contributed by atoms with van der Waals surface area (Å²) in [5, 5.41) is 6.03. The van der Waals surface area contributed by atoms with Crippen LogP contribution in [0.3, 0.4) is 0 Å². The average Bonchev–Trinajstić information content (AvgIpc) is 2.68. The van der Waals surface area contributed by atoms with Gasteiger partial charge in [0.15, 0.2) is 5.11 Å². The lowest BCUT2D eigenvalue weighted by molar-refractivity contribution is 0.0698. The first-order chi connectivity index (χ1) is 13.5. The number of hydrogen-bond donors (Lipinski definition) is 2. The molecule has 2 amide bonds. The van der Waals surface area contributed by atoms with Crippen LogP contribution in [0.4, 0.5) is 5.69 Å². The summed E-state index contributed by atoms with van der Waals surface area (Å²) in [5.74, 6) is 0.206. The molecule has 0 bridgehead atoms. The number of piperidine rings is 1. The summed E-state index contributed by atoms with van der Waals surface area (Å²) in [6.45, 7) is 3.71. The molecule has 1 fully saturated rings. The Balaban J connectivity index is 1.69. The predicted molar refractivity (Wildman–Crippen MR) is 116 cm³/mol. The van der Waals surface area contributed by atoms with Gasteiger partial charge in [0.2, 0.25) is 0 Å². The molecule has 0 aromatic heterocycles. The Bertz CT molecular complexity index is 895. The second-order valence-electron chi connectivity index (χ2n) is 6.91. The van der Waals surface area contributed by atoms with Crippen LogP contribution in [0.25, 0.3) is 0 Å². The topological polar surface area (TPSA) is 61.4 Å². The second-order valence-corrected chi connectivity index (χ2v) is 7.72. The lowest BCUT2D eigenvalue weighted by Crippen LogP contribution is -2.39. The van der Waals surface area contributed by atoms with E-state index in [1.54, 1.807) is 36.4 Å². The Morgan fingerprint density at radius 3 is 2.32 bits per heavy atom. The molecule has 0 spiro atoms. The third-order valence-corrected chi connectivity index (χ3v) is 5.36. The minimum absolute atomic E-state index is 0.0322. The van der Waals surface area contributed by atoms with Gasteiger partial charge in [0.05, 0.1) is 21.8 Å².